The number of benzene rings is 3. The summed E-state index contributed by atoms with van der Waals surface area (Å²) in [5.41, 5.74) is 1.18. The number of hydrogen-bond acceptors (Lipinski definition) is 2. The van der Waals surface area contributed by atoms with Gasteiger partial charge in [0.05, 0.1) is 0 Å². The van der Waals surface area contributed by atoms with E-state index in [4.69, 9.17) is 4.74 Å². The lowest BCUT2D eigenvalue weighted by Gasteiger charge is -2.33. The topological polar surface area (TPSA) is 26.3 Å². The van der Waals surface area contributed by atoms with Crippen molar-refractivity contribution < 1.29 is 9.53 Å². The molecular formula is C33H42O2. The minimum absolute atomic E-state index is 0.201. The lowest BCUT2D eigenvalue weighted by atomic mass is 9.71. The minimum atomic E-state index is -0.822. The highest BCUT2D eigenvalue weighted by Gasteiger charge is 2.43. The van der Waals surface area contributed by atoms with Crippen LogP contribution in [0.3, 0.4) is 0 Å². The third kappa shape index (κ3) is 8.09. The van der Waals surface area contributed by atoms with Crippen LogP contribution in [0.15, 0.2) is 91.0 Å². The first-order chi connectivity index (χ1) is 17.3. The second-order valence-electron chi connectivity index (χ2n) is 9.63. The fourth-order valence-corrected chi connectivity index (χ4v) is 4.98. The maximum Gasteiger partial charge on any atom is 0.326 e. The van der Waals surface area contributed by atoms with Crippen LogP contribution in [0.1, 0.15) is 95.1 Å². The summed E-state index contributed by atoms with van der Waals surface area (Å²) in [7, 11) is 0. The lowest BCUT2D eigenvalue weighted by molar-refractivity contribution is -0.139. The van der Waals surface area contributed by atoms with E-state index < -0.39 is 5.41 Å². The largest absolute Gasteiger partial charge is 0.426 e. The van der Waals surface area contributed by atoms with Gasteiger partial charge in [-0.25, -0.2) is 0 Å². The molecule has 0 saturated carbocycles. The molecule has 3 aromatic rings. The molecule has 0 amide bonds. The van der Waals surface area contributed by atoms with Crippen molar-refractivity contribution in [3.63, 3.8) is 0 Å². The maximum absolute atomic E-state index is 13.9. The SMILES string of the molecule is CCCCCCCCCCCCCC(C(=O)Oc1ccccc1)(c1ccccc1)c1ccccc1. The molecule has 0 fully saturated rings. The number of unbranched alkanes of at least 4 members (excludes halogenated alkanes) is 10. The van der Waals surface area contributed by atoms with Gasteiger partial charge < -0.3 is 4.74 Å². The van der Waals surface area contributed by atoms with Crippen molar-refractivity contribution in [2.45, 2.75) is 89.4 Å². The van der Waals surface area contributed by atoms with Crippen LogP contribution in [0, 0.1) is 0 Å². The van der Waals surface area contributed by atoms with E-state index >= 15 is 0 Å². The summed E-state index contributed by atoms with van der Waals surface area (Å²) in [5.74, 6) is 0.390. The van der Waals surface area contributed by atoms with Gasteiger partial charge in [0.2, 0.25) is 0 Å². The second-order valence-corrected chi connectivity index (χ2v) is 9.63. The van der Waals surface area contributed by atoms with E-state index in [0.717, 1.165) is 30.4 Å². The van der Waals surface area contributed by atoms with Crippen molar-refractivity contribution in [2.75, 3.05) is 0 Å². The van der Waals surface area contributed by atoms with E-state index in [0.29, 0.717) is 5.75 Å². The number of ether oxygens (including phenoxy) is 1. The van der Waals surface area contributed by atoms with Crippen molar-refractivity contribution in [3.05, 3.63) is 102 Å². The number of para-hydroxylation sites is 1. The average molecular weight is 471 g/mol. The molecule has 0 aliphatic rings. The maximum atomic E-state index is 13.9. The first-order valence-corrected chi connectivity index (χ1v) is 13.7. The Hall–Kier alpha value is -2.87. The Bertz CT molecular complexity index is 911. The van der Waals surface area contributed by atoms with Gasteiger partial charge in [-0.1, -0.05) is 156 Å². The van der Waals surface area contributed by atoms with E-state index in [1.807, 2.05) is 66.7 Å². The van der Waals surface area contributed by atoms with Gasteiger partial charge in [0.1, 0.15) is 11.2 Å². The summed E-state index contributed by atoms with van der Waals surface area (Å²) in [4.78, 5) is 13.9. The molecule has 186 valence electrons. The molecule has 3 aromatic carbocycles. The van der Waals surface area contributed by atoms with Crippen LogP contribution in [0.25, 0.3) is 0 Å². The zero-order chi connectivity index (χ0) is 24.6. The predicted octanol–water partition coefficient (Wildman–Crippen LogP) is 9.28. The standard InChI is InChI=1S/C33H42O2/c1-2-3-4-5-6-7-8-9-10-11-21-28-33(29-22-15-12-16-23-29,30-24-17-13-18-25-30)32(34)35-31-26-19-14-20-27-31/h12-20,22-27H,2-11,21,28H2,1H3. The summed E-state index contributed by atoms with van der Waals surface area (Å²) in [5, 5.41) is 0. The molecule has 0 radical (unpaired) electrons. The third-order valence-electron chi connectivity index (χ3n) is 6.99. The zero-order valence-electron chi connectivity index (χ0n) is 21.5. The fourth-order valence-electron chi connectivity index (χ4n) is 4.98. The van der Waals surface area contributed by atoms with E-state index in [1.54, 1.807) is 0 Å². The van der Waals surface area contributed by atoms with Gasteiger partial charge in [-0.05, 0) is 29.7 Å². The van der Waals surface area contributed by atoms with Crippen LogP contribution in [0.5, 0.6) is 5.75 Å². The Labute approximate surface area is 212 Å². The van der Waals surface area contributed by atoms with Crippen LogP contribution in [0.2, 0.25) is 0 Å². The number of carbonyl (C=O) groups excluding carboxylic acids is 1. The van der Waals surface area contributed by atoms with Crippen molar-refractivity contribution >= 4 is 5.97 Å². The quantitative estimate of drug-likeness (QED) is 0.118. The summed E-state index contributed by atoms with van der Waals surface area (Å²) >= 11 is 0. The Morgan fingerprint density at radius 3 is 1.43 bits per heavy atom. The molecule has 0 saturated heterocycles. The summed E-state index contributed by atoms with van der Waals surface area (Å²) in [6.07, 6.45) is 14.9. The number of hydrogen-bond donors (Lipinski definition) is 0. The molecule has 35 heavy (non-hydrogen) atoms. The highest BCUT2D eigenvalue weighted by atomic mass is 16.5. The normalized spacial score (nSPS) is 11.3. The van der Waals surface area contributed by atoms with Crippen LogP contribution < -0.4 is 4.74 Å². The number of rotatable bonds is 16. The van der Waals surface area contributed by atoms with Crippen molar-refractivity contribution in [3.8, 4) is 5.75 Å². The molecule has 0 aliphatic heterocycles. The van der Waals surface area contributed by atoms with Gasteiger partial charge >= 0.3 is 5.97 Å². The molecule has 0 N–H and O–H groups in total. The van der Waals surface area contributed by atoms with Gasteiger partial charge in [0.15, 0.2) is 0 Å². The van der Waals surface area contributed by atoms with Crippen LogP contribution in [-0.2, 0) is 10.2 Å². The number of carbonyl (C=O) groups is 1. The van der Waals surface area contributed by atoms with Crippen LogP contribution >= 0.6 is 0 Å². The van der Waals surface area contributed by atoms with Crippen LogP contribution in [0.4, 0.5) is 0 Å². The molecule has 0 spiro atoms. The predicted molar refractivity (Wildman–Crippen MR) is 147 cm³/mol. The highest BCUT2D eigenvalue weighted by Crippen LogP contribution is 2.39. The van der Waals surface area contributed by atoms with Crippen molar-refractivity contribution in [1.29, 1.82) is 0 Å². The molecule has 0 atom stereocenters. The Kier molecular flexibility index (Phi) is 11.6. The minimum Gasteiger partial charge on any atom is -0.426 e. The molecule has 2 nitrogen and oxygen atoms in total. The molecule has 0 unspecified atom stereocenters. The molecule has 2 heteroatoms. The van der Waals surface area contributed by atoms with E-state index in [9.17, 15) is 4.79 Å². The molecular weight excluding hydrogens is 428 g/mol. The van der Waals surface area contributed by atoms with Gasteiger partial charge in [-0.3, -0.25) is 4.79 Å². The van der Waals surface area contributed by atoms with Gasteiger partial charge in [-0.15, -0.1) is 0 Å². The Balaban J connectivity index is 1.68. The molecule has 0 aliphatic carbocycles. The van der Waals surface area contributed by atoms with E-state index in [1.165, 1.54) is 57.8 Å². The van der Waals surface area contributed by atoms with Crippen molar-refractivity contribution in [2.24, 2.45) is 0 Å². The van der Waals surface area contributed by atoms with Gasteiger partial charge in [0, 0.05) is 0 Å². The number of esters is 1. The van der Waals surface area contributed by atoms with Crippen molar-refractivity contribution in [1.82, 2.24) is 0 Å². The zero-order valence-corrected chi connectivity index (χ0v) is 21.5. The third-order valence-corrected chi connectivity index (χ3v) is 6.99. The monoisotopic (exact) mass is 470 g/mol. The van der Waals surface area contributed by atoms with E-state index in [-0.39, 0.29) is 5.97 Å². The summed E-state index contributed by atoms with van der Waals surface area (Å²) in [6, 6.07) is 29.8. The van der Waals surface area contributed by atoms with E-state index in [2.05, 4.69) is 31.2 Å². The van der Waals surface area contributed by atoms with Gasteiger partial charge in [0.25, 0.3) is 0 Å². The summed E-state index contributed by atoms with van der Waals surface area (Å²) < 4.78 is 6.00. The smallest absolute Gasteiger partial charge is 0.326 e. The fraction of sp³-hybridized carbons (Fsp3) is 0.424. The molecule has 0 bridgehead atoms. The second kappa shape index (κ2) is 15.2. The average Bonchev–Trinajstić information content (AvgIpc) is 2.91. The highest BCUT2D eigenvalue weighted by molar-refractivity contribution is 5.89. The Morgan fingerprint density at radius 1 is 0.571 bits per heavy atom. The van der Waals surface area contributed by atoms with Gasteiger partial charge in [-0.2, -0.15) is 0 Å². The lowest BCUT2D eigenvalue weighted by Crippen LogP contribution is -2.40. The first-order valence-electron chi connectivity index (χ1n) is 13.7. The first kappa shape index (κ1) is 26.7. The molecule has 0 heterocycles. The van der Waals surface area contributed by atoms with Crippen LogP contribution in [-0.4, -0.2) is 5.97 Å². The molecule has 0 aromatic heterocycles. The Morgan fingerprint density at radius 2 is 0.971 bits per heavy atom. The summed E-state index contributed by atoms with van der Waals surface area (Å²) in [6.45, 7) is 2.27. The molecule has 3 rings (SSSR count).